The fourth-order valence-corrected chi connectivity index (χ4v) is 8.92. The monoisotopic (exact) mass is 428 g/mol. The highest BCUT2D eigenvalue weighted by Gasteiger charge is 2.62. The molecule has 1 aromatic heterocycles. The lowest BCUT2D eigenvalue weighted by atomic mass is 9.44. The van der Waals surface area contributed by atoms with Crippen LogP contribution >= 0.6 is 0 Å². The Morgan fingerprint density at radius 3 is 2.65 bits per heavy atom. The van der Waals surface area contributed by atoms with Gasteiger partial charge in [-0.2, -0.15) is 0 Å². The quantitative estimate of drug-likeness (QED) is 0.751. The largest absolute Gasteiger partial charge is 0.387 e. The Kier molecular flexibility index (Phi) is 5.37. The SMILES string of the molecule is COC[C@]1(O)CC[C@]2(C)[C@@H](CC[C@@H]3[C@H]2CC[C@]2(C)[C@@H](C(=O)Cn4ccnc4)CC[C@@H]32)C1. The van der Waals surface area contributed by atoms with Crippen LogP contribution in [0, 0.1) is 40.4 Å². The van der Waals surface area contributed by atoms with Gasteiger partial charge in [0.15, 0.2) is 5.78 Å². The van der Waals surface area contributed by atoms with Crippen LogP contribution in [-0.4, -0.2) is 39.8 Å². The fourth-order valence-electron chi connectivity index (χ4n) is 8.92. The van der Waals surface area contributed by atoms with Gasteiger partial charge in [-0.15, -0.1) is 0 Å². The molecule has 31 heavy (non-hydrogen) atoms. The Morgan fingerprint density at radius 1 is 1.10 bits per heavy atom. The second kappa shape index (κ2) is 7.69. The van der Waals surface area contributed by atoms with Crippen LogP contribution in [0.3, 0.4) is 0 Å². The Hall–Kier alpha value is -1.20. The van der Waals surface area contributed by atoms with Gasteiger partial charge in [-0.05, 0) is 92.3 Å². The molecule has 4 fully saturated rings. The van der Waals surface area contributed by atoms with Crippen LogP contribution in [0.15, 0.2) is 18.7 Å². The van der Waals surface area contributed by atoms with Gasteiger partial charge < -0.3 is 14.4 Å². The Morgan fingerprint density at radius 2 is 1.90 bits per heavy atom. The number of Topliss-reactive ketones (excluding diaryl/α,β-unsaturated/α-hetero) is 1. The lowest BCUT2D eigenvalue weighted by Crippen LogP contribution is -2.56. The zero-order valence-corrected chi connectivity index (χ0v) is 19.6. The van der Waals surface area contributed by atoms with Crippen molar-refractivity contribution >= 4 is 5.78 Å². The van der Waals surface area contributed by atoms with E-state index in [4.69, 9.17) is 4.74 Å². The summed E-state index contributed by atoms with van der Waals surface area (Å²) in [7, 11) is 1.70. The fraction of sp³-hybridized carbons (Fsp3) is 0.846. The van der Waals surface area contributed by atoms with Crippen LogP contribution in [-0.2, 0) is 16.1 Å². The van der Waals surface area contributed by atoms with E-state index in [0.29, 0.717) is 36.2 Å². The lowest BCUT2D eigenvalue weighted by molar-refractivity contribution is -0.164. The molecule has 0 saturated heterocycles. The molecule has 0 aromatic carbocycles. The third kappa shape index (κ3) is 3.42. The van der Waals surface area contributed by atoms with Gasteiger partial charge in [0.2, 0.25) is 0 Å². The van der Waals surface area contributed by atoms with E-state index in [2.05, 4.69) is 18.8 Å². The maximum Gasteiger partial charge on any atom is 0.156 e. The number of aliphatic hydroxyl groups is 1. The van der Waals surface area contributed by atoms with Gasteiger partial charge in [0.05, 0.1) is 25.1 Å². The Bertz CT molecular complexity index is 810. The van der Waals surface area contributed by atoms with E-state index >= 15 is 0 Å². The predicted octanol–water partition coefficient (Wildman–Crippen LogP) is 4.49. The molecule has 4 aliphatic rings. The number of fused-ring (bicyclic) bond motifs is 5. The molecule has 0 bridgehead atoms. The number of methoxy groups -OCH3 is 1. The maximum atomic E-state index is 13.3. The summed E-state index contributed by atoms with van der Waals surface area (Å²) in [6.45, 7) is 5.90. The second-order valence-electron chi connectivity index (χ2n) is 11.9. The highest BCUT2D eigenvalue weighted by atomic mass is 16.5. The number of carbonyl (C=O) groups is 1. The molecule has 5 nitrogen and oxygen atoms in total. The summed E-state index contributed by atoms with van der Waals surface area (Å²) >= 11 is 0. The third-order valence-electron chi connectivity index (χ3n) is 10.5. The summed E-state index contributed by atoms with van der Waals surface area (Å²) in [6, 6.07) is 0. The van der Waals surface area contributed by atoms with Crippen molar-refractivity contribution in [2.45, 2.75) is 83.8 Å². The van der Waals surface area contributed by atoms with Crippen LogP contribution in [0.1, 0.15) is 71.6 Å². The molecule has 0 radical (unpaired) electrons. The van der Waals surface area contributed by atoms with Crippen LogP contribution in [0.2, 0.25) is 0 Å². The summed E-state index contributed by atoms with van der Waals surface area (Å²) in [6.07, 6.45) is 15.5. The predicted molar refractivity (Wildman–Crippen MR) is 119 cm³/mol. The molecule has 0 spiro atoms. The molecule has 4 saturated carbocycles. The van der Waals surface area contributed by atoms with E-state index in [0.717, 1.165) is 37.5 Å². The topological polar surface area (TPSA) is 64.3 Å². The average Bonchev–Trinajstić information content (AvgIpc) is 3.35. The molecule has 4 aliphatic carbocycles. The first-order valence-electron chi connectivity index (χ1n) is 12.5. The van der Waals surface area contributed by atoms with E-state index in [-0.39, 0.29) is 11.3 Å². The molecular weight excluding hydrogens is 388 g/mol. The Balaban J connectivity index is 1.33. The number of ketones is 1. The van der Waals surface area contributed by atoms with E-state index in [1.54, 1.807) is 19.6 Å². The molecule has 172 valence electrons. The highest BCUT2D eigenvalue weighted by molar-refractivity contribution is 5.82. The summed E-state index contributed by atoms with van der Waals surface area (Å²) in [5.74, 6) is 3.39. The minimum absolute atomic E-state index is 0.160. The van der Waals surface area contributed by atoms with E-state index in [1.807, 2.05) is 10.8 Å². The van der Waals surface area contributed by atoms with Gasteiger partial charge in [-0.1, -0.05) is 13.8 Å². The lowest BCUT2D eigenvalue weighted by Gasteiger charge is -2.62. The van der Waals surface area contributed by atoms with Crippen LogP contribution in [0.25, 0.3) is 0 Å². The maximum absolute atomic E-state index is 13.3. The summed E-state index contributed by atoms with van der Waals surface area (Å²) in [5.41, 5.74) is -0.135. The molecule has 5 rings (SSSR count). The first-order valence-corrected chi connectivity index (χ1v) is 12.5. The average molecular weight is 429 g/mol. The van der Waals surface area contributed by atoms with Crippen molar-refractivity contribution in [1.82, 2.24) is 9.55 Å². The number of rotatable bonds is 5. The standard InChI is InChI=1S/C26H40N2O3/c1-24-10-11-26(30,16-31-3)14-18(24)4-5-19-20-6-7-22(25(20,2)9-8-21(19)24)23(29)15-28-13-12-27-17-28/h12-13,17-22,30H,4-11,14-16H2,1-3H3/t18-,19-,20-,21+,22+,24+,25-,26-/m0/s1. The number of imidazole rings is 1. The van der Waals surface area contributed by atoms with Crippen molar-refractivity contribution in [2.24, 2.45) is 40.4 Å². The van der Waals surface area contributed by atoms with Gasteiger partial charge in [0, 0.05) is 25.4 Å². The van der Waals surface area contributed by atoms with Gasteiger partial charge >= 0.3 is 0 Å². The van der Waals surface area contributed by atoms with Crippen molar-refractivity contribution < 1.29 is 14.6 Å². The van der Waals surface area contributed by atoms with Crippen LogP contribution in [0.5, 0.6) is 0 Å². The number of aromatic nitrogens is 2. The van der Waals surface area contributed by atoms with Crippen molar-refractivity contribution in [2.75, 3.05) is 13.7 Å². The Labute approximate surface area is 187 Å². The van der Waals surface area contributed by atoms with Crippen molar-refractivity contribution in [3.05, 3.63) is 18.7 Å². The normalized spacial score (nSPS) is 46.8. The number of hydrogen-bond acceptors (Lipinski definition) is 4. The van der Waals surface area contributed by atoms with Gasteiger partial charge in [0.1, 0.15) is 0 Å². The number of hydrogen-bond donors (Lipinski definition) is 1. The molecule has 1 heterocycles. The van der Waals surface area contributed by atoms with Gasteiger partial charge in [0.25, 0.3) is 0 Å². The molecule has 0 aliphatic heterocycles. The van der Waals surface area contributed by atoms with Crippen molar-refractivity contribution in [3.63, 3.8) is 0 Å². The van der Waals surface area contributed by atoms with Crippen LogP contribution < -0.4 is 0 Å². The molecule has 1 aromatic rings. The minimum atomic E-state index is -0.632. The van der Waals surface area contributed by atoms with E-state index in [9.17, 15) is 9.90 Å². The summed E-state index contributed by atoms with van der Waals surface area (Å²) < 4.78 is 7.29. The zero-order valence-electron chi connectivity index (χ0n) is 19.6. The summed E-state index contributed by atoms with van der Waals surface area (Å²) in [4.78, 5) is 17.4. The molecular formula is C26H40N2O3. The first kappa shape index (κ1) is 21.6. The molecule has 5 heteroatoms. The van der Waals surface area contributed by atoms with Crippen LogP contribution in [0.4, 0.5) is 0 Å². The van der Waals surface area contributed by atoms with Gasteiger partial charge in [-0.25, -0.2) is 4.98 Å². The van der Waals surface area contributed by atoms with Crippen molar-refractivity contribution in [3.8, 4) is 0 Å². The smallest absolute Gasteiger partial charge is 0.156 e. The second-order valence-corrected chi connectivity index (χ2v) is 11.9. The molecule has 8 atom stereocenters. The first-order chi connectivity index (χ1) is 14.8. The molecule has 1 N–H and O–H groups in total. The number of carbonyl (C=O) groups excluding carboxylic acids is 1. The molecule has 0 unspecified atom stereocenters. The molecule has 0 amide bonds. The third-order valence-corrected chi connectivity index (χ3v) is 10.5. The van der Waals surface area contributed by atoms with E-state index < -0.39 is 5.60 Å². The van der Waals surface area contributed by atoms with Crippen molar-refractivity contribution in [1.29, 1.82) is 0 Å². The highest BCUT2D eigenvalue weighted by Crippen LogP contribution is 2.68. The number of nitrogens with zero attached hydrogens (tertiary/aromatic N) is 2. The number of ether oxygens (including phenoxy) is 1. The summed E-state index contributed by atoms with van der Waals surface area (Å²) in [5, 5.41) is 11.0. The minimum Gasteiger partial charge on any atom is -0.387 e. The van der Waals surface area contributed by atoms with E-state index in [1.165, 1.54) is 32.1 Å². The van der Waals surface area contributed by atoms with Gasteiger partial charge in [-0.3, -0.25) is 4.79 Å². The zero-order chi connectivity index (χ0) is 21.9.